The summed E-state index contributed by atoms with van der Waals surface area (Å²) in [6, 6.07) is 4.39. The summed E-state index contributed by atoms with van der Waals surface area (Å²) in [7, 11) is 1.56. The normalized spacial score (nSPS) is 17.6. The molecule has 2 amide bonds. The van der Waals surface area contributed by atoms with Crippen molar-refractivity contribution in [3.05, 3.63) is 41.3 Å². The van der Waals surface area contributed by atoms with Gasteiger partial charge in [-0.05, 0) is 31.9 Å². The quantitative estimate of drug-likeness (QED) is 0.918. The van der Waals surface area contributed by atoms with Gasteiger partial charge in [0.25, 0.3) is 5.89 Å². The molecule has 0 radical (unpaired) electrons. The van der Waals surface area contributed by atoms with Crippen LogP contribution in [0.4, 0.5) is 14.9 Å². The van der Waals surface area contributed by atoms with E-state index >= 15 is 0 Å². The number of benzene rings is 1. The van der Waals surface area contributed by atoms with Crippen LogP contribution in [0.2, 0.25) is 0 Å². The maximum atomic E-state index is 13.6. The SMILES string of the molecule is COCc1nc(C2CCCN(C(=O)Nc3cccc(F)c3C)C2)no1. The van der Waals surface area contributed by atoms with Gasteiger partial charge in [0.1, 0.15) is 12.4 Å². The van der Waals surface area contributed by atoms with E-state index in [0.29, 0.717) is 36.1 Å². The fourth-order valence-electron chi connectivity index (χ4n) is 2.93. The summed E-state index contributed by atoms with van der Waals surface area (Å²) in [6.45, 7) is 3.04. The summed E-state index contributed by atoms with van der Waals surface area (Å²) in [5.74, 6) is 0.690. The molecule has 7 nitrogen and oxygen atoms in total. The molecule has 8 heteroatoms. The van der Waals surface area contributed by atoms with Crippen molar-refractivity contribution >= 4 is 11.7 Å². The zero-order valence-corrected chi connectivity index (χ0v) is 14.3. The number of anilines is 1. The first-order valence-electron chi connectivity index (χ1n) is 8.21. The average Bonchev–Trinajstić information content (AvgIpc) is 3.08. The first-order valence-corrected chi connectivity index (χ1v) is 8.21. The molecule has 1 saturated heterocycles. The third-order valence-electron chi connectivity index (χ3n) is 4.33. The van der Waals surface area contributed by atoms with Crippen LogP contribution in [0.15, 0.2) is 22.7 Å². The fraction of sp³-hybridized carbons (Fsp3) is 0.471. The van der Waals surface area contributed by atoms with Crippen molar-refractivity contribution in [2.45, 2.75) is 32.3 Å². The van der Waals surface area contributed by atoms with Gasteiger partial charge >= 0.3 is 6.03 Å². The second-order valence-electron chi connectivity index (χ2n) is 6.11. The van der Waals surface area contributed by atoms with Gasteiger partial charge < -0.3 is 19.5 Å². The monoisotopic (exact) mass is 348 g/mol. The van der Waals surface area contributed by atoms with Crippen molar-refractivity contribution in [3.63, 3.8) is 0 Å². The van der Waals surface area contributed by atoms with E-state index < -0.39 is 0 Å². The minimum Gasteiger partial charge on any atom is -0.375 e. The minimum atomic E-state index is -0.341. The number of piperidine rings is 1. The van der Waals surface area contributed by atoms with Gasteiger partial charge in [-0.25, -0.2) is 9.18 Å². The smallest absolute Gasteiger partial charge is 0.321 e. The highest BCUT2D eigenvalue weighted by molar-refractivity contribution is 5.90. The number of hydrogen-bond donors (Lipinski definition) is 1. The summed E-state index contributed by atoms with van der Waals surface area (Å²) >= 11 is 0. The number of carbonyl (C=O) groups excluding carboxylic acids is 1. The van der Waals surface area contributed by atoms with Crippen LogP contribution in [0, 0.1) is 12.7 Å². The number of carbonyl (C=O) groups is 1. The lowest BCUT2D eigenvalue weighted by molar-refractivity contribution is 0.151. The number of likely N-dealkylation sites (tertiary alicyclic amines) is 1. The first-order chi connectivity index (χ1) is 12.1. The Morgan fingerprint density at radius 3 is 3.16 bits per heavy atom. The number of aromatic nitrogens is 2. The third kappa shape index (κ3) is 3.96. The first kappa shape index (κ1) is 17.3. The Morgan fingerprint density at radius 2 is 2.36 bits per heavy atom. The fourth-order valence-corrected chi connectivity index (χ4v) is 2.93. The van der Waals surface area contributed by atoms with E-state index in [1.807, 2.05) is 0 Å². The van der Waals surface area contributed by atoms with Gasteiger partial charge in [-0.15, -0.1) is 0 Å². The zero-order chi connectivity index (χ0) is 17.8. The molecule has 1 unspecified atom stereocenters. The molecule has 0 spiro atoms. The van der Waals surface area contributed by atoms with Crippen molar-refractivity contribution in [2.24, 2.45) is 0 Å². The molecular weight excluding hydrogens is 327 g/mol. The van der Waals surface area contributed by atoms with Gasteiger partial charge in [0, 0.05) is 37.4 Å². The van der Waals surface area contributed by atoms with Crippen LogP contribution in [0.5, 0.6) is 0 Å². The number of halogens is 1. The number of amides is 2. The van der Waals surface area contributed by atoms with Crippen molar-refractivity contribution in [3.8, 4) is 0 Å². The number of hydrogen-bond acceptors (Lipinski definition) is 5. The van der Waals surface area contributed by atoms with Crippen molar-refractivity contribution in [2.75, 3.05) is 25.5 Å². The highest BCUT2D eigenvalue weighted by atomic mass is 19.1. The molecule has 1 aromatic heterocycles. The van der Waals surface area contributed by atoms with E-state index in [0.717, 1.165) is 12.8 Å². The third-order valence-corrected chi connectivity index (χ3v) is 4.33. The number of ether oxygens (including phenoxy) is 1. The Hall–Kier alpha value is -2.48. The lowest BCUT2D eigenvalue weighted by Crippen LogP contribution is -2.42. The van der Waals surface area contributed by atoms with Crippen LogP contribution in [-0.2, 0) is 11.3 Å². The van der Waals surface area contributed by atoms with E-state index in [4.69, 9.17) is 9.26 Å². The highest BCUT2D eigenvalue weighted by Gasteiger charge is 2.28. The second kappa shape index (κ2) is 7.60. The molecule has 0 saturated carbocycles. The van der Waals surface area contributed by atoms with Gasteiger partial charge in [0.05, 0.1) is 0 Å². The molecule has 1 atom stereocenters. The average molecular weight is 348 g/mol. The molecule has 134 valence electrons. The molecule has 2 heterocycles. The summed E-state index contributed by atoms with van der Waals surface area (Å²) in [5, 5.41) is 6.77. The number of urea groups is 1. The molecule has 0 aliphatic carbocycles. The Kier molecular flexibility index (Phi) is 5.28. The molecule has 1 fully saturated rings. The zero-order valence-electron chi connectivity index (χ0n) is 14.3. The van der Waals surface area contributed by atoms with Gasteiger partial charge in [-0.1, -0.05) is 11.2 Å². The van der Waals surface area contributed by atoms with E-state index in [9.17, 15) is 9.18 Å². The maximum Gasteiger partial charge on any atom is 0.321 e. The minimum absolute atomic E-state index is 0.0162. The molecule has 25 heavy (non-hydrogen) atoms. The summed E-state index contributed by atoms with van der Waals surface area (Å²) in [5.41, 5.74) is 0.904. The van der Waals surface area contributed by atoms with Gasteiger partial charge in [-0.3, -0.25) is 0 Å². The summed E-state index contributed by atoms with van der Waals surface area (Å²) in [6.07, 6.45) is 1.73. The Bertz CT molecular complexity index is 749. The molecule has 1 N–H and O–H groups in total. The number of nitrogens with zero attached hydrogens (tertiary/aromatic N) is 3. The number of nitrogens with one attached hydrogen (secondary N) is 1. The second-order valence-corrected chi connectivity index (χ2v) is 6.11. The van der Waals surface area contributed by atoms with E-state index in [-0.39, 0.29) is 24.4 Å². The van der Waals surface area contributed by atoms with Crippen LogP contribution in [-0.4, -0.2) is 41.3 Å². The van der Waals surface area contributed by atoms with Gasteiger partial charge in [0.2, 0.25) is 0 Å². The Morgan fingerprint density at radius 1 is 1.52 bits per heavy atom. The van der Waals surface area contributed by atoms with Crippen molar-refractivity contribution < 1.29 is 18.4 Å². The van der Waals surface area contributed by atoms with Crippen LogP contribution in [0.3, 0.4) is 0 Å². The lowest BCUT2D eigenvalue weighted by atomic mass is 9.97. The van der Waals surface area contributed by atoms with Crippen LogP contribution >= 0.6 is 0 Å². The molecule has 1 aromatic carbocycles. The standard InChI is InChI=1S/C17H21FN4O3/c1-11-13(18)6-3-7-14(11)19-17(23)22-8-4-5-12(9-22)16-20-15(10-24-2)25-21-16/h3,6-7,12H,4-5,8-10H2,1-2H3,(H,19,23). The van der Waals surface area contributed by atoms with Gasteiger partial charge in [-0.2, -0.15) is 4.98 Å². The largest absolute Gasteiger partial charge is 0.375 e. The van der Waals surface area contributed by atoms with Crippen molar-refractivity contribution in [1.29, 1.82) is 0 Å². The van der Waals surface area contributed by atoms with Crippen LogP contribution in [0.25, 0.3) is 0 Å². The molecule has 3 rings (SSSR count). The Balaban J connectivity index is 1.66. The number of rotatable bonds is 4. The maximum absolute atomic E-state index is 13.6. The molecule has 1 aliphatic rings. The molecular formula is C17H21FN4O3. The molecule has 0 bridgehead atoms. The molecule has 2 aromatic rings. The lowest BCUT2D eigenvalue weighted by Gasteiger charge is -2.31. The number of methoxy groups -OCH3 is 1. The topological polar surface area (TPSA) is 80.5 Å². The van der Waals surface area contributed by atoms with E-state index in [2.05, 4.69) is 15.5 Å². The Labute approximate surface area is 145 Å². The predicted molar refractivity (Wildman–Crippen MR) is 88.7 cm³/mol. The van der Waals surface area contributed by atoms with E-state index in [1.165, 1.54) is 6.07 Å². The van der Waals surface area contributed by atoms with Crippen LogP contribution in [0.1, 0.15) is 36.0 Å². The summed E-state index contributed by atoms with van der Waals surface area (Å²) < 4.78 is 23.7. The molecule has 1 aliphatic heterocycles. The predicted octanol–water partition coefficient (Wildman–Crippen LogP) is 3.08. The van der Waals surface area contributed by atoms with Gasteiger partial charge in [0.15, 0.2) is 5.82 Å². The van der Waals surface area contributed by atoms with E-state index in [1.54, 1.807) is 31.1 Å². The van der Waals surface area contributed by atoms with Crippen LogP contribution < -0.4 is 5.32 Å². The van der Waals surface area contributed by atoms with Crippen molar-refractivity contribution in [1.82, 2.24) is 15.0 Å². The summed E-state index contributed by atoms with van der Waals surface area (Å²) in [4.78, 5) is 18.5. The highest BCUT2D eigenvalue weighted by Crippen LogP contribution is 2.26.